The molecule has 2 aromatic heterocycles. The number of rotatable bonds is 8. The van der Waals surface area contributed by atoms with Gasteiger partial charge < -0.3 is 14.3 Å². The predicted octanol–water partition coefficient (Wildman–Crippen LogP) is 3.91. The Morgan fingerprint density at radius 1 is 1.20 bits per heavy atom. The lowest BCUT2D eigenvalue weighted by atomic mass is 10.1. The maximum Gasteiger partial charge on any atom is 0.339 e. The summed E-state index contributed by atoms with van der Waals surface area (Å²) in [7, 11) is 1.34. The number of thioether (sulfide) groups is 1. The van der Waals surface area contributed by atoms with E-state index in [0.717, 1.165) is 23.8 Å². The number of carbonyl (C=O) groups excluding carboxylic acids is 2. The van der Waals surface area contributed by atoms with E-state index >= 15 is 0 Å². The third kappa shape index (κ3) is 4.05. The molecule has 0 amide bonds. The van der Waals surface area contributed by atoms with E-state index in [1.807, 2.05) is 18.2 Å². The highest BCUT2D eigenvalue weighted by molar-refractivity contribution is 7.99. The molecule has 0 unspecified atom stereocenters. The molecule has 7 nitrogen and oxygen atoms in total. The number of nitrogens with one attached hydrogen (secondary N) is 1. The van der Waals surface area contributed by atoms with Crippen LogP contribution in [0, 0.1) is 13.8 Å². The molecule has 1 aliphatic carbocycles. The van der Waals surface area contributed by atoms with Crippen LogP contribution in [0.1, 0.15) is 62.3 Å². The van der Waals surface area contributed by atoms with Crippen molar-refractivity contribution in [3.05, 3.63) is 64.2 Å². The molecule has 1 aliphatic rings. The molecule has 1 fully saturated rings. The third-order valence-electron chi connectivity index (χ3n) is 5.31. The van der Waals surface area contributed by atoms with Crippen LogP contribution in [-0.4, -0.2) is 44.4 Å². The topological polar surface area (TPSA) is 89.9 Å². The zero-order valence-electron chi connectivity index (χ0n) is 17.3. The average Bonchev–Trinajstić information content (AvgIpc) is 3.45. The van der Waals surface area contributed by atoms with Gasteiger partial charge in [0.1, 0.15) is 5.82 Å². The Morgan fingerprint density at radius 3 is 2.60 bits per heavy atom. The first-order valence-electron chi connectivity index (χ1n) is 9.90. The van der Waals surface area contributed by atoms with Gasteiger partial charge in [0.2, 0.25) is 0 Å². The number of methoxy groups -OCH3 is 1. The first kappa shape index (κ1) is 20.4. The maximum absolute atomic E-state index is 12.9. The van der Waals surface area contributed by atoms with E-state index in [4.69, 9.17) is 4.74 Å². The van der Waals surface area contributed by atoms with Crippen molar-refractivity contribution in [3.8, 4) is 0 Å². The van der Waals surface area contributed by atoms with Crippen LogP contribution in [0.3, 0.4) is 0 Å². The Hall–Kier alpha value is -2.87. The van der Waals surface area contributed by atoms with Gasteiger partial charge in [-0.3, -0.25) is 4.79 Å². The number of Topliss-reactive ketones (excluding diaryl/α,β-unsaturated/α-hetero) is 1. The van der Waals surface area contributed by atoms with Gasteiger partial charge in [0.25, 0.3) is 0 Å². The number of hydrogen-bond acceptors (Lipinski definition) is 6. The molecule has 0 saturated heterocycles. The Balaban J connectivity index is 1.53. The highest BCUT2D eigenvalue weighted by Crippen LogP contribution is 2.40. The zero-order chi connectivity index (χ0) is 21.3. The number of aromatic amines is 1. The lowest BCUT2D eigenvalue weighted by Crippen LogP contribution is -2.09. The third-order valence-corrected chi connectivity index (χ3v) is 6.28. The van der Waals surface area contributed by atoms with Crippen LogP contribution in [0.2, 0.25) is 0 Å². The number of H-pyrrole nitrogens is 1. The minimum atomic E-state index is -0.440. The van der Waals surface area contributed by atoms with Crippen molar-refractivity contribution in [2.24, 2.45) is 0 Å². The number of ketones is 1. The Morgan fingerprint density at radius 2 is 1.93 bits per heavy atom. The monoisotopic (exact) mass is 424 g/mol. The van der Waals surface area contributed by atoms with Crippen LogP contribution in [0.15, 0.2) is 35.5 Å². The second kappa shape index (κ2) is 8.47. The Labute approximate surface area is 179 Å². The Kier molecular flexibility index (Phi) is 5.76. The van der Waals surface area contributed by atoms with E-state index in [1.54, 1.807) is 13.8 Å². The summed E-state index contributed by atoms with van der Waals surface area (Å²) in [6.07, 6.45) is 2.27. The molecule has 4 rings (SSSR count). The van der Waals surface area contributed by atoms with E-state index < -0.39 is 5.97 Å². The molecule has 1 N–H and O–H groups in total. The minimum Gasteiger partial charge on any atom is -0.465 e. The highest BCUT2D eigenvalue weighted by atomic mass is 32.2. The number of carbonyl (C=O) groups is 2. The summed E-state index contributed by atoms with van der Waals surface area (Å²) in [6.45, 7) is 4.21. The summed E-state index contributed by atoms with van der Waals surface area (Å²) in [5.41, 5.74) is 3.29. The number of aromatic nitrogens is 4. The number of nitrogens with zero attached hydrogens (tertiary/aromatic N) is 3. The van der Waals surface area contributed by atoms with E-state index in [-0.39, 0.29) is 11.5 Å². The SMILES string of the molecule is COC(=O)c1c(C)[nH]c(C(=O)CSc2nnc(C3CC3)n2Cc2ccccc2)c1C. The summed E-state index contributed by atoms with van der Waals surface area (Å²) in [6, 6.07) is 10.2. The van der Waals surface area contributed by atoms with Gasteiger partial charge in [-0.25, -0.2) is 4.79 Å². The summed E-state index contributed by atoms with van der Waals surface area (Å²) >= 11 is 1.38. The van der Waals surface area contributed by atoms with Gasteiger partial charge in [-0.1, -0.05) is 42.1 Å². The van der Waals surface area contributed by atoms with Gasteiger partial charge in [-0.15, -0.1) is 10.2 Å². The standard InChI is InChI=1S/C22H24N4O3S/c1-13-18(21(28)29-3)14(2)23-19(13)17(27)12-30-22-25-24-20(16-9-10-16)26(22)11-15-7-5-4-6-8-15/h4-8,16,23H,9-12H2,1-3H3. The molecule has 0 bridgehead atoms. The van der Waals surface area contributed by atoms with Gasteiger partial charge in [-0.05, 0) is 37.8 Å². The first-order chi connectivity index (χ1) is 14.5. The molecule has 0 atom stereocenters. The summed E-state index contributed by atoms with van der Waals surface area (Å²) in [5.74, 6) is 1.14. The van der Waals surface area contributed by atoms with Crippen molar-refractivity contribution in [2.45, 2.75) is 44.3 Å². The molecule has 30 heavy (non-hydrogen) atoms. The van der Waals surface area contributed by atoms with E-state index in [9.17, 15) is 9.59 Å². The lowest BCUT2D eigenvalue weighted by molar-refractivity contribution is 0.0599. The normalized spacial score (nSPS) is 13.4. The molecule has 0 spiro atoms. The first-order valence-corrected chi connectivity index (χ1v) is 10.9. The van der Waals surface area contributed by atoms with Crippen molar-refractivity contribution in [2.75, 3.05) is 12.9 Å². The number of hydrogen-bond donors (Lipinski definition) is 1. The van der Waals surface area contributed by atoms with E-state index in [2.05, 4.69) is 31.9 Å². The van der Waals surface area contributed by atoms with Gasteiger partial charge >= 0.3 is 5.97 Å². The van der Waals surface area contributed by atoms with Crippen LogP contribution >= 0.6 is 11.8 Å². The molecule has 8 heteroatoms. The van der Waals surface area contributed by atoms with Gasteiger partial charge in [0.05, 0.1) is 30.7 Å². The lowest BCUT2D eigenvalue weighted by Gasteiger charge is -2.10. The van der Waals surface area contributed by atoms with Crippen LogP contribution in [-0.2, 0) is 11.3 Å². The Bertz CT molecular complexity index is 1080. The second-order valence-electron chi connectivity index (χ2n) is 7.52. The summed E-state index contributed by atoms with van der Waals surface area (Å²) < 4.78 is 6.95. The van der Waals surface area contributed by atoms with Crippen molar-refractivity contribution >= 4 is 23.5 Å². The maximum atomic E-state index is 12.9. The van der Waals surface area contributed by atoms with E-state index in [1.165, 1.54) is 24.4 Å². The molecule has 0 radical (unpaired) electrons. The molecule has 2 heterocycles. The predicted molar refractivity (Wildman–Crippen MR) is 114 cm³/mol. The minimum absolute atomic E-state index is 0.0852. The molecule has 0 aliphatic heterocycles. The number of esters is 1. The smallest absolute Gasteiger partial charge is 0.339 e. The van der Waals surface area contributed by atoms with Gasteiger partial charge in [0, 0.05) is 11.6 Å². The molecular formula is C22H24N4O3S. The highest BCUT2D eigenvalue weighted by Gasteiger charge is 2.31. The van der Waals surface area contributed by atoms with Gasteiger partial charge in [-0.2, -0.15) is 0 Å². The van der Waals surface area contributed by atoms with Crippen molar-refractivity contribution in [3.63, 3.8) is 0 Å². The van der Waals surface area contributed by atoms with Crippen molar-refractivity contribution in [1.29, 1.82) is 0 Å². The largest absolute Gasteiger partial charge is 0.465 e. The van der Waals surface area contributed by atoms with Crippen LogP contribution < -0.4 is 0 Å². The number of ether oxygens (including phenoxy) is 1. The summed E-state index contributed by atoms with van der Waals surface area (Å²) in [5, 5.41) is 9.51. The number of aryl methyl sites for hydroxylation is 1. The fourth-order valence-corrected chi connectivity index (χ4v) is 4.42. The van der Waals surface area contributed by atoms with Crippen LogP contribution in [0.4, 0.5) is 0 Å². The van der Waals surface area contributed by atoms with E-state index in [0.29, 0.717) is 35.0 Å². The molecule has 1 aromatic carbocycles. The quantitative estimate of drug-likeness (QED) is 0.335. The van der Waals surface area contributed by atoms with Gasteiger partial charge in [0.15, 0.2) is 10.9 Å². The second-order valence-corrected chi connectivity index (χ2v) is 8.46. The fourth-order valence-electron chi connectivity index (χ4n) is 3.60. The van der Waals surface area contributed by atoms with Crippen LogP contribution in [0.25, 0.3) is 0 Å². The average molecular weight is 425 g/mol. The molecule has 156 valence electrons. The molecule has 3 aromatic rings. The molecule has 1 saturated carbocycles. The summed E-state index contributed by atoms with van der Waals surface area (Å²) in [4.78, 5) is 27.9. The zero-order valence-corrected chi connectivity index (χ0v) is 18.1. The van der Waals surface area contributed by atoms with Crippen molar-refractivity contribution < 1.29 is 14.3 Å². The van der Waals surface area contributed by atoms with Crippen LogP contribution in [0.5, 0.6) is 0 Å². The van der Waals surface area contributed by atoms with Crippen molar-refractivity contribution in [1.82, 2.24) is 19.7 Å². The fraction of sp³-hybridized carbons (Fsp3) is 0.364. The molecular weight excluding hydrogens is 400 g/mol. The number of benzene rings is 1.